The van der Waals surface area contributed by atoms with Gasteiger partial charge < -0.3 is 4.90 Å². The number of nitriles is 1. The summed E-state index contributed by atoms with van der Waals surface area (Å²) in [5.41, 5.74) is 2.29. The molecule has 0 fully saturated rings. The topological polar surface area (TPSA) is 69.9 Å². The number of carbonyl (C=O) groups is 1. The smallest absolute Gasteiger partial charge is 0.187 e. The maximum Gasteiger partial charge on any atom is 0.187 e. The number of nitrogens with zero attached hydrogens (tertiary/aromatic N) is 4. The second-order valence-electron chi connectivity index (χ2n) is 6.35. The number of Topliss-reactive ketones (excluding diaryl/α,β-unsaturated/α-hetero) is 1. The Morgan fingerprint density at radius 3 is 2.59 bits per heavy atom. The summed E-state index contributed by atoms with van der Waals surface area (Å²) in [4.78, 5) is 23.6. The molecule has 1 aromatic heterocycles. The quantitative estimate of drug-likeness (QED) is 0.689. The van der Waals surface area contributed by atoms with Gasteiger partial charge in [-0.15, -0.1) is 0 Å². The van der Waals surface area contributed by atoms with E-state index in [1.807, 2.05) is 59.5 Å². The average Bonchev–Trinajstić information content (AvgIpc) is 2.72. The molecule has 0 aliphatic carbocycles. The van der Waals surface area contributed by atoms with Crippen LogP contribution in [0.4, 0.5) is 5.82 Å². The van der Waals surface area contributed by atoms with Crippen molar-refractivity contribution in [1.82, 2.24) is 9.97 Å². The van der Waals surface area contributed by atoms with Crippen molar-refractivity contribution in [1.29, 1.82) is 5.26 Å². The summed E-state index contributed by atoms with van der Waals surface area (Å²) in [5.74, 6) is 0.171. The minimum absolute atomic E-state index is 0.223. The van der Waals surface area contributed by atoms with Crippen molar-refractivity contribution in [3.05, 3.63) is 76.9 Å². The third-order valence-electron chi connectivity index (χ3n) is 4.53. The van der Waals surface area contributed by atoms with E-state index in [9.17, 15) is 10.1 Å². The number of aromatic nitrogens is 2. The Morgan fingerprint density at radius 1 is 1.15 bits per heavy atom. The number of benzene rings is 2. The summed E-state index contributed by atoms with van der Waals surface area (Å²) in [6.45, 7) is 0.830. The summed E-state index contributed by atoms with van der Waals surface area (Å²) in [6.07, 6.45) is 1.53. The van der Waals surface area contributed by atoms with Crippen LogP contribution in [0.5, 0.6) is 0 Å². The fourth-order valence-corrected chi connectivity index (χ4v) is 3.27. The van der Waals surface area contributed by atoms with Crippen molar-refractivity contribution in [3.8, 4) is 17.5 Å². The molecule has 5 nitrogen and oxygen atoms in total. The minimum Gasteiger partial charge on any atom is -0.350 e. The third kappa shape index (κ3) is 3.40. The lowest BCUT2D eigenvalue weighted by Crippen LogP contribution is -2.39. The molecule has 0 N–H and O–H groups in total. The van der Waals surface area contributed by atoms with E-state index in [0.717, 1.165) is 11.1 Å². The molecule has 2 aromatic carbocycles. The number of carbonyl (C=O) groups excluding carboxylic acids is 1. The Balaban J connectivity index is 1.76. The number of hydrogen-bond donors (Lipinski definition) is 0. The van der Waals surface area contributed by atoms with Gasteiger partial charge in [-0.25, -0.2) is 9.97 Å². The van der Waals surface area contributed by atoms with Crippen LogP contribution in [0.2, 0.25) is 5.02 Å². The van der Waals surface area contributed by atoms with Crippen LogP contribution in [0, 0.1) is 17.2 Å². The van der Waals surface area contributed by atoms with E-state index in [0.29, 0.717) is 35.3 Å². The number of anilines is 1. The second-order valence-corrected chi connectivity index (χ2v) is 6.79. The van der Waals surface area contributed by atoms with E-state index >= 15 is 0 Å². The van der Waals surface area contributed by atoms with Gasteiger partial charge in [0, 0.05) is 29.9 Å². The van der Waals surface area contributed by atoms with Crippen molar-refractivity contribution in [3.63, 3.8) is 0 Å². The predicted octanol–water partition coefficient (Wildman–Crippen LogP) is 4.14. The molecule has 1 aliphatic rings. The van der Waals surface area contributed by atoms with Gasteiger partial charge in [-0.1, -0.05) is 54.1 Å². The summed E-state index contributed by atoms with van der Waals surface area (Å²) in [7, 11) is 0. The molecular weight excluding hydrogens is 360 g/mol. The molecule has 2 heterocycles. The highest BCUT2D eigenvalue weighted by Crippen LogP contribution is 2.30. The third-order valence-corrected chi connectivity index (χ3v) is 4.78. The highest BCUT2D eigenvalue weighted by Gasteiger charge is 2.33. The van der Waals surface area contributed by atoms with Crippen molar-refractivity contribution in [2.24, 2.45) is 5.92 Å². The Hall–Kier alpha value is -3.23. The van der Waals surface area contributed by atoms with Crippen LogP contribution in [0.15, 0.2) is 60.8 Å². The molecule has 1 atom stereocenters. The van der Waals surface area contributed by atoms with Gasteiger partial charge in [0.1, 0.15) is 11.7 Å². The number of halogens is 1. The van der Waals surface area contributed by atoms with Crippen LogP contribution < -0.4 is 4.90 Å². The monoisotopic (exact) mass is 374 g/mol. The van der Waals surface area contributed by atoms with Crippen LogP contribution in [0.1, 0.15) is 15.9 Å². The van der Waals surface area contributed by atoms with Gasteiger partial charge in [0.05, 0.1) is 11.6 Å². The molecular formula is C21H15ClN4O. The highest BCUT2D eigenvalue weighted by molar-refractivity contribution is 6.30. The van der Waals surface area contributed by atoms with Crippen LogP contribution in [0.25, 0.3) is 11.4 Å². The summed E-state index contributed by atoms with van der Waals surface area (Å²) < 4.78 is 0. The zero-order valence-corrected chi connectivity index (χ0v) is 15.1. The van der Waals surface area contributed by atoms with E-state index in [-0.39, 0.29) is 5.78 Å². The number of rotatable bonds is 3. The normalized spacial score (nSPS) is 15.9. The Bertz CT molecular complexity index is 1030. The lowest BCUT2D eigenvalue weighted by molar-refractivity contribution is 0.0943. The van der Waals surface area contributed by atoms with Crippen LogP contribution in [-0.4, -0.2) is 22.3 Å². The first-order valence-electron chi connectivity index (χ1n) is 8.51. The van der Waals surface area contributed by atoms with Crippen molar-refractivity contribution >= 4 is 23.2 Å². The first-order chi connectivity index (χ1) is 13.2. The number of hydrogen-bond acceptors (Lipinski definition) is 5. The molecule has 0 radical (unpaired) electrons. The molecule has 0 amide bonds. The Kier molecular flexibility index (Phi) is 4.57. The van der Waals surface area contributed by atoms with Gasteiger partial charge in [0.15, 0.2) is 11.6 Å². The van der Waals surface area contributed by atoms with Gasteiger partial charge in [0.25, 0.3) is 0 Å². The molecule has 6 heteroatoms. The SMILES string of the molecule is N#CC1CN(Cc2ccc(Cl)cc2)c2nc(-c3ccccc3)ncc2C1=O. The maximum atomic E-state index is 12.6. The van der Waals surface area contributed by atoms with E-state index in [4.69, 9.17) is 11.6 Å². The van der Waals surface area contributed by atoms with Crippen molar-refractivity contribution < 1.29 is 4.79 Å². The van der Waals surface area contributed by atoms with E-state index < -0.39 is 5.92 Å². The molecule has 27 heavy (non-hydrogen) atoms. The molecule has 132 valence electrons. The molecule has 3 aromatic rings. The largest absolute Gasteiger partial charge is 0.350 e. The van der Waals surface area contributed by atoms with Crippen molar-refractivity contribution in [2.75, 3.05) is 11.4 Å². The molecule has 0 saturated heterocycles. The first-order valence-corrected chi connectivity index (χ1v) is 8.89. The van der Waals surface area contributed by atoms with Crippen LogP contribution in [0.3, 0.4) is 0 Å². The second kappa shape index (κ2) is 7.18. The minimum atomic E-state index is -0.726. The van der Waals surface area contributed by atoms with Gasteiger partial charge in [-0.3, -0.25) is 4.79 Å². The maximum absolute atomic E-state index is 12.6. The van der Waals surface area contributed by atoms with Crippen molar-refractivity contribution in [2.45, 2.75) is 6.54 Å². The lowest BCUT2D eigenvalue weighted by atomic mass is 9.94. The van der Waals surface area contributed by atoms with E-state index in [1.165, 1.54) is 6.20 Å². The highest BCUT2D eigenvalue weighted by atomic mass is 35.5. The van der Waals surface area contributed by atoms with Gasteiger partial charge >= 0.3 is 0 Å². The Labute approximate surface area is 161 Å². The molecule has 1 aliphatic heterocycles. The lowest BCUT2D eigenvalue weighted by Gasteiger charge is -2.31. The van der Waals surface area contributed by atoms with E-state index in [2.05, 4.69) is 16.0 Å². The Morgan fingerprint density at radius 2 is 1.89 bits per heavy atom. The van der Waals surface area contributed by atoms with Crippen LogP contribution in [-0.2, 0) is 6.54 Å². The first kappa shape index (κ1) is 17.2. The molecule has 1 unspecified atom stereocenters. The summed E-state index contributed by atoms with van der Waals surface area (Å²) in [6, 6.07) is 19.2. The van der Waals surface area contributed by atoms with Gasteiger partial charge in [0.2, 0.25) is 0 Å². The zero-order chi connectivity index (χ0) is 18.8. The van der Waals surface area contributed by atoms with E-state index in [1.54, 1.807) is 0 Å². The number of fused-ring (bicyclic) bond motifs is 1. The number of ketones is 1. The average molecular weight is 375 g/mol. The standard InChI is InChI=1S/C21H15ClN4O/c22-17-8-6-14(7-9-17)12-26-13-16(10-23)19(27)18-11-24-20(25-21(18)26)15-4-2-1-3-5-15/h1-9,11,16H,12-13H2. The molecule has 4 rings (SSSR count). The fraction of sp³-hybridized carbons (Fsp3) is 0.143. The molecule has 0 saturated carbocycles. The molecule has 0 spiro atoms. The zero-order valence-electron chi connectivity index (χ0n) is 14.3. The molecule has 0 bridgehead atoms. The van der Waals surface area contributed by atoms with Crippen LogP contribution >= 0.6 is 11.6 Å². The summed E-state index contributed by atoms with van der Waals surface area (Å²) in [5, 5.41) is 10.0. The predicted molar refractivity (Wildman–Crippen MR) is 103 cm³/mol. The fourth-order valence-electron chi connectivity index (χ4n) is 3.14. The summed E-state index contributed by atoms with van der Waals surface area (Å²) >= 11 is 5.97. The van der Waals surface area contributed by atoms with Gasteiger partial charge in [-0.2, -0.15) is 5.26 Å². The van der Waals surface area contributed by atoms with Gasteiger partial charge in [-0.05, 0) is 17.7 Å².